The average molecular weight is 419 g/mol. The first-order valence-corrected chi connectivity index (χ1v) is 8.85. The van der Waals surface area contributed by atoms with Crippen molar-refractivity contribution in [3.8, 4) is 5.75 Å². The SMILES string of the molecule is CN(C)c1cc(CNC(=O)CN2C(=O)COc3cc(Br)ccc32)ccn1. The number of carbonyl (C=O) groups is 2. The Labute approximate surface area is 160 Å². The number of pyridine rings is 1. The molecular formula is C18H19BrN4O3. The molecule has 0 radical (unpaired) electrons. The molecule has 0 spiro atoms. The average Bonchev–Trinajstić information content (AvgIpc) is 2.62. The van der Waals surface area contributed by atoms with E-state index in [1.165, 1.54) is 4.90 Å². The van der Waals surface area contributed by atoms with Gasteiger partial charge in [0.1, 0.15) is 18.1 Å². The highest BCUT2D eigenvalue weighted by atomic mass is 79.9. The van der Waals surface area contributed by atoms with Gasteiger partial charge in [0.05, 0.1) is 5.69 Å². The minimum atomic E-state index is -0.242. The molecule has 2 amide bonds. The summed E-state index contributed by atoms with van der Waals surface area (Å²) in [5, 5.41) is 2.85. The number of benzene rings is 1. The van der Waals surface area contributed by atoms with Gasteiger partial charge in [-0.1, -0.05) is 15.9 Å². The molecule has 136 valence electrons. The highest BCUT2D eigenvalue weighted by Crippen LogP contribution is 2.34. The third kappa shape index (κ3) is 4.13. The zero-order valence-electron chi connectivity index (χ0n) is 14.5. The molecule has 8 heteroatoms. The summed E-state index contributed by atoms with van der Waals surface area (Å²) < 4.78 is 6.28. The van der Waals surface area contributed by atoms with Crippen molar-refractivity contribution >= 4 is 39.2 Å². The first-order valence-electron chi connectivity index (χ1n) is 8.05. The van der Waals surface area contributed by atoms with E-state index in [9.17, 15) is 9.59 Å². The summed E-state index contributed by atoms with van der Waals surface area (Å²) in [6.07, 6.45) is 1.70. The van der Waals surface area contributed by atoms with E-state index in [0.29, 0.717) is 18.0 Å². The fourth-order valence-corrected chi connectivity index (χ4v) is 2.91. The number of nitrogens with zero attached hydrogens (tertiary/aromatic N) is 3. The van der Waals surface area contributed by atoms with Crippen LogP contribution in [0.4, 0.5) is 11.5 Å². The van der Waals surface area contributed by atoms with Crippen LogP contribution in [-0.2, 0) is 16.1 Å². The molecule has 7 nitrogen and oxygen atoms in total. The van der Waals surface area contributed by atoms with Crippen molar-refractivity contribution < 1.29 is 14.3 Å². The molecule has 1 aromatic carbocycles. The van der Waals surface area contributed by atoms with Gasteiger partial charge in [0, 0.05) is 31.3 Å². The zero-order chi connectivity index (χ0) is 18.7. The Morgan fingerprint density at radius 3 is 2.92 bits per heavy atom. The molecule has 1 aliphatic rings. The number of hydrogen-bond donors (Lipinski definition) is 1. The molecule has 1 aliphatic heterocycles. The third-order valence-electron chi connectivity index (χ3n) is 3.92. The lowest BCUT2D eigenvalue weighted by Crippen LogP contribution is -2.45. The minimum Gasteiger partial charge on any atom is -0.482 e. The number of fused-ring (bicyclic) bond motifs is 1. The minimum absolute atomic E-state index is 0.0531. The molecule has 0 bridgehead atoms. The van der Waals surface area contributed by atoms with Crippen LogP contribution in [0.2, 0.25) is 0 Å². The van der Waals surface area contributed by atoms with Gasteiger partial charge < -0.3 is 15.0 Å². The first-order chi connectivity index (χ1) is 12.4. The molecule has 26 heavy (non-hydrogen) atoms. The van der Waals surface area contributed by atoms with Crippen molar-refractivity contribution in [3.63, 3.8) is 0 Å². The maximum Gasteiger partial charge on any atom is 0.265 e. The van der Waals surface area contributed by atoms with E-state index in [1.54, 1.807) is 18.3 Å². The van der Waals surface area contributed by atoms with Gasteiger partial charge in [-0.05, 0) is 35.9 Å². The second-order valence-corrected chi connectivity index (χ2v) is 6.99. The number of hydrogen-bond acceptors (Lipinski definition) is 5. The Bertz CT molecular complexity index is 841. The molecule has 0 aliphatic carbocycles. The number of carbonyl (C=O) groups excluding carboxylic acids is 2. The van der Waals surface area contributed by atoms with Crippen LogP contribution in [0.15, 0.2) is 41.0 Å². The second-order valence-electron chi connectivity index (χ2n) is 6.07. The summed E-state index contributed by atoms with van der Waals surface area (Å²) in [4.78, 5) is 32.1. The van der Waals surface area contributed by atoms with Crippen molar-refractivity contribution in [2.75, 3.05) is 37.0 Å². The predicted octanol–water partition coefficient (Wildman–Crippen LogP) is 1.95. The maximum absolute atomic E-state index is 12.3. The Balaban J connectivity index is 1.65. The van der Waals surface area contributed by atoms with Gasteiger partial charge in [-0.2, -0.15) is 0 Å². The highest BCUT2D eigenvalue weighted by molar-refractivity contribution is 9.10. The summed E-state index contributed by atoms with van der Waals surface area (Å²) >= 11 is 3.37. The lowest BCUT2D eigenvalue weighted by atomic mass is 10.2. The summed E-state index contributed by atoms with van der Waals surface area (Å²) in [6, 6.07) is 9.11. The van der Waals surface area contributed by atoms with Gasteiger partial charge in [0.2, 0.25) is 5.91 Å². The van der Waals surface area contributed by atoms with Crippen LogP contribution >= 0.6 is 15.9 Å². The number of aromatic nitrogens is 1. The van der Waals surface area contributed by atoms with Crippen molar-refractivity contribution in [2.45, 2.75) is 6.54 Å². The smallest absolute Gasteiger partial charge is 0.265 e. The van der Waals surface area contributed by atoms with E-state index < -0.39 is 0 Å². The molecule has 1 aromatic heterocycles. The van der Waals surface area contributed by atoms with Crippen LogP contribution in [0.1, 0.15) is 5.56 Å². The Morgan fingerprint density at radius 2 is 2.15 bits per heavy atom. The first kappa shape index (κ1) is 18.2. The zero-order valence-corrected chi connectivity index (χ0v) is 16.1. The largest absolute Gasteiger partial charge is 0.482 e. The predicted molar refractivity (Wildman–Crippen MR) is 102 cm³/mol. The van der Waals surface area contributed by atoms with Crippen LogP contribution in [0.5, 0.6) is 5.75 Å². The van der Waals surface area contributed by atoms with E-state index in [1.807, 2.05) is 37.2 Å². The molecule has 0 unspecified atom stereocenters. The lowest BCUT2D eigenvalue weighted by Gasteiger charge is -2.29. The van der Waals surface area contributed by atoms with Crippen LogP contribution in [0.3, 0.4) is 0 Å². The Kier molecular flexibility index (Phi) is 5.41. The molecule has 0 saturated carbocycles. The van der Waals surface area contributed by atoms with Gasteiger partial charge in [0.25, 0.3) is 5.91 Å². The number of ether oxygens (including phenoxy) is 1. The van der Waals surface area contributed by atoms with Gasteiger partial charge >= 0.3 is 0 Å². The number of halogens is 1. The Morgan fingerprint density at radius 1 is 1.35 bits per heavy atom. The molecule has 0 fully saturated rings. The van der Waals surface area contributed by atoms with Gasteiger partial charge in [-0.3, -0.25) is 14.5 Å². The van der Waals surface area contributed by atoms with Gasteiger partial charge in [-0.15, -0.1) is 0 Å². The lowest BCUT2D eigenvalue weighted by molar-refractivity contribution is -0.125. The summed E-state index contributed by atoms with van der Waals surface area (Å²) in [7, 11) is 3.81. The van der Waals surface area contributed by atoms with Crippen molar-refractivity contribution in [1.82, 2.24) is 10.3 Å². The van der Waals surface area contributed by atoms with E-state index in [-0.39, 0.29) is 25.0 Å². The quantitative estimate of drug-likeness (QED) is 0.802. The summed E-state index contributed by atoms with van der Waals surface area (Å²) in [5.41, 5.74) is 1.54. The number of anilines is 2. The summed E-state index contributed by atoms with van der Waals surface area (Å²) in [5.74, 6) is 0.919. The molecule has 2 heterocycles. The number of amides is 2. The van der Waals surface area contributed by atoms with Crippen LogP contribution < -0.4 is 19.9 Å². The topological polar surface area (TPSA) is 74.8 Å². The fraction of sp³-hybridized carbons (Fsp3) is 0.278. The standard InChI is InChI=1S/C18H19BrN4O3/c1-22(2)16-7-12(5-6-20-16)9-21-17(24)10-23-14-4-3-13(19)8-15(14)26-11-18(23)25/h3-8H,9-11H2,1-2H3,(H,21,24). The molecule has 3 rings (SSSR count). The molecule has 1 N–H and O–H groups in total. The summed E-state index contributed by atoms with van der Waals surface area (Å²) in [6.45, 7) is 0.240. The highest BCUT2D eigenvalue weighted by Gasteiger charge is 2.27. The normalized spacial score (nSPS) is 13.0. The van der Waals surface area contributed by atoms with Crippen molar-refractivity contribution in [3.05, 3.63) is 46.6 Å². The molecule has 0 atom stereocenters. The van der Waals surface area contributed by atoms with E-state index in [4.69, 9.17) is 4.74 Å². The number of nitrogens with one attached hydrogen (secondary N) is 1. The Hall–Kier alpha value is -2.61. The van der Waals surface area contributed by atoms with Crippen LogP contribution in [0, 0.1) is 0 Å². The second kappa shape index (κ2) is 7.74. The fourth-order valence-electron chi connectivity index (χ4n) is 2.57. The van der Waals surface area contributed by atoms with Gasteiger partial charge in [0.15, 0.2) is 6.61 Å². The van der Waals surface area contributed by atoms with E-state index in [2.05, 4.69) is 26.2 Å². The van der Waals surface area contributed by atoms with E-state index >= 15 is 0 Å². The molecular weight excluding hydrogens is 400 g/mol. The monoisotopic (exact) mass is 418 g/mol. The van der Waals surface area contributed by atoms with Crippen LogP contribution in [-0.4, -0.2) is 44.0 Å². The van der Waals surface area contributed by atoms with Crippen LogP contribution in [0.25, 0.3) is 0 Å². The molecule has 2 aromatic rings. The molecule has 0 saturated heterocycles. The maximum atomic E-state index is 12.3. The van der Waals surface area contributed by atoms with Crippen molar-refractivity contribution in [2.24, 2.45) is 0 Å². The van der Waals surface area contributed by atoms with Crippen molar-refractivity contribution in [1.29, 1.82) is 0 Å². The number of rotatable bonds is 5. The third-order valence-corrected chi connectivity index (χ3v) is 4.42. The van der Waals surface area contributed by atoms with Gasteiger partial charge in [-0.25, -0.2) is 4.98 Å². The van der Waals surface area contributed by atoms with E-state index in [0.717, 1.165) is 15.9 Å².